The SMILES string of the molecule is C[C@H](N[C@H](C)C(=O)Nc1ccc(N2CCOCC2)cc1)c1ccc(F)cc1F. The second-order valence-electron chi connectivity index (χ2n) is 6.91. The summed E-state index contributed by atoms with van der Waals surface area (Å²) in [6.45, 7) is 6.57. The highest BCUT2D eigenvalue weighted by atomic mass is 19.1. The van der Waals surface area contributed by atoms with E-state index >= 15 is 0 Å². The van der Waals surface area contributed by atoms with E-state index in [2.05, 4.69) is 15.5 Å². The minimum atomic E-state index is -0.633. The van der Waals surface area contributed by atoms with Gasteiger partial charge in [0.1, 0.15) is 11.6 Å². The number of amides is 1. The first-order valence-electron chi connectivity index (χ1n) is 9.38. The Morgan fingerprint density at radius 2 is 1.75 bits per heavy atom. The molecular weight excluding hydrogens is 364 g/mol. The summed E-state index contributed by atoms with van der Waals surface area (Å²) in [6, 6.07) is 10.1. The standard InChI is InChI=1S/C21H25F2N3O2/c1-14(19-8-3-16(22)13-20(19)23)24-15(2)21(27)25-17-4-6-18(7-5-17)26-9-11-28-12-10-26/h3-8,13-15,24H,9-12H2,1-2H3,(H,25,27)/t14-,15+/m0/s1. The molecule has 1 saturated heterocycles. The molecule has 3 rings (SSSR count). The molecule has 0 bridgehead atoms. The van der Waals surface area contributed by atoms with E-state index in [-0.39, 0.29) is 5.91 Å². The Labute approximate surface area is 163 Å². The van der Waals surface area contributed by atoms with Crippen molar-refractivity contribution in [1.82, 2.24) is 5.32 Å². The van der Waals surface area contributed by atoms with Crippen molar-refractivity contribution in [3.8, 4) is 0 Å². The monoisotopic (exact) mass is 389 g/mol. The van der Waals surface area contributed by atoms with Crippen LogP contribution in [-0.4, -0.2) is 38.3 Å². The van der Waals surface area contributed by atoms with Gasteiger partial charge in [0, 0.05) is 42.1 Å². The lowest BCUT2D eigenvalue weighted by Gasteiger charge is -2.29. The summed E-state index contributed by atoms with van der Waals surface area (Å²) in [5.74, 6) is -1.49. The van der Waals surface area contributed by atoms with Crippen LogP contribution in [0.1, 0.15) is 25.5 Å². The van der Waals surface area contributed by atoms with Gasteiger partial charge in [0.2, 0.25) is 5.91 Å². The number of hydrogen-bond acceptors (Lipinski definition) is 4. The van der Waals surface area contributed by atoms with Crippen LogP contribution in [0.15, 0.2) is 42.5 Å². The summed E-state index contributed by atoms with van der Waals surface area (Å²) in [4.78, 5) is 14.7. The van der Waals surface area contributed by atoms with Crippen LogP contribution in [0, 0.1) is 11.6 Å². The van der Waals surface area contributed by atoms with E-state index in [4.69, 9.17) is 4.74 Å². The van der Waals surface area contributed by atoms with Gasteiger partial charge in [-0.15, -0.1) is 0 Å². The Kier molecular flexibility index (Phi) is 6.59. The van der Waals surface area contributed by atoms with Crippen molar-refractivity contribution in [2.45, 2.75) is 25.9 Å². The lowest BCUT2D eigenvalue weighted by molar-refractivity contribution is -0.117. The summed E-state index contributed by atoms with van der Waals surface area (Å²) in [5, 5.41) is 5.90. The third-order valence-corrected chi connectivity index (χ3v) is 4.83. The molecule has 0 spiro atoms. The Hall–Kier alpha value is -2.51. The Bertz CT molecular complexity index is 808. The van der Waals surface area contributed by atoms with Crippen molar-refractivity contribution in [3.63, 3.8) is 0 Å². The van der Waals surface area contributed by atoms with Crippen molar-refractivity contribution in [1.29, 1.82) is 0 Å². The molecule has 1 aliphatic rings. The molecule has 2 aromatic carbocycles. The number of carbonyl (C=O) groups is 1. The molecule has 1 heterocycles. The van der Waals surface area contributed by atoms with E-state index in [0.717, 1.165) is 24.8 Å². The molecule has 5 nitrogen and oxygen atoms in total. The lowest BCUT2D eigenvalue weighted by Crippen LogP contribution is -2.39. The number of anilines is 2. The first-order valence-corrected chi connectivity index (χ1v) is 9.38. The molecule has 2 atom stereocenters. The number of nitrogens with zero attached hydrogens (tertiary/aromatic N) is 1. The van der Waals surface area contributed by atoms with E-state index in [1.165, 1.54) is 12.1 Å². The molecule has 1 amide bonds. The zero-order chi connectivity index (χ0) is 20.1. The van der Waals surface area contributed by atoms with Crippen LogP contribution in [0.2, 0.25) is 0 Å². The predicted octanol–water partition coefficient (Wildman–Crippen LogP) is 3.48. The van der Waals surface area contributed by atoms with Gasteiger partial charge in [-0.3, -0.25) is 10.1 Å². The quantitative estimate of drug-likeness (QED) is 0.794. The Balaban J connectivity index is 1.56. The molecule has 150 valence electrons. The molecule has 2 N–H and O–H groups in total. The molecule has 2 aromatic rings. The third kappa shape index (κ3) is 5.05. The normalized spacial score (nSPS) is 16.5. The molecule has 7 heteroatoms. The van der Waals surface area contributed by atoms with Gasteiger partial charge in [-0.1, -0.05) is 6.07 Å². The van der Waals surface area contributed by atoms with Gasteiger partial charge >= 0.3 is 0 Å². The summed E-state index contributed by atoms with van der Waals surface area (Å²) in [6.07, 6.45) is 0. The van der Waals surface area contributed by atoms with Gasteiger partial charge in [-0.2, -0.15) is 0 Å². The van der Waals surface area contributed by atoms with Crippen LogP contribution >= 0.6 is 0 Å². The number of morpholine rings is 1. The van der Waals surface area contributed by atoms with Gasteiger partial charge in [0.05, 0.1) is 19.3 Å². The van der Waals surface area contributed by atoms with Crippen molar-refractivity contribution >= 4 is 17.3 Å². The smallest absolute Gasteiger partial charge is 0.241 e. The molecule has 0 aromatic heterocycles. The van der Waals surface area contributed by atoms with Crippen molar-refractivity contribution < 1.29 is 18.3 Å². The summed E-state index contributed by atoms with van der Waals surface area (Å²) in [5.41, 5.74) is 2.10. The second-order valence-corrected chi connectivity index (χ2v) is 6.91. The predicted molar refractivity (Wildman–Crippen MR) is 105 cm³/mol. The first kappa shape index (κ1) is 20.2. The fourth-order valence-electron chi connectivity index (χ4n) is 3.22. The fourth-order valence-corrected chi connectivity index (χ4v) is 3.22. The summed E-state index contributed by atoms with van der Waals surface area (Å²) < 4.78 is 32.3. The summed E-state index contributed by atoms with van der Waals surface area (Å²) >= 11 is 0. The number of ether oxygens (including phenoxy) is 1. The van der Waals surface area contributed by atoms with E-state index in [1.807, 2.05) is 24.3 Å². The van der Waals surface area contributed by atoms with Gasteiger partial charge < -0.3 is 15.0 Å². The molecule has 28 heavy (non-hydrogen) atoms. The third-order valence-electron chi connectivity index (χ3n) is 4.83. The highest BCUT2D eigenvalue weighted by molar-refractivity contribution is 5.94. The molecule has 0 radical (unpaired) electrons. The van der Waals surface area contributed by atoms with Crippen LogP contribution < -0.4 is 15.5 Å². The molecule has 0 unspecified atom stereocenters. The number of hydrogen-bond donors (Lipinski definition) is 2. The van der Waals surface area contributed by atoms with Gasteiger partial charge in [-0.05, 0) is 44.2 Å². The van der Waals surface area contributed by atoms with E-state index < -0.39 is 23.7 Å². The lowest BCUT2D eigenvalue weighted by atomic mass is 10.1. The van der Waals surface area contributed by atoms with Crippen molar-refractivity contribution in [3.05, 3.63) is 59.7 Å². The molecule has 1 aliphatic heterocycles. The van der Waals surface area contributed by atoms with Crippen LogP contribution in [0.5, 0.6) is 0 Å². The van der Waals surface area contributed by atoms with Crippen LogP contribution in [-0.2, 0) is 9.53 Å². The largest absolute Gasteiger partial charge is 0.378 e. The maximum atomic E-state index is 13.9. The summed E-state index contributed by atoms with van der Waals surface area (Å²) in [7, 11) is 0. The molecule has 1 fully saturated rings. The number of nitrogens with one attached hydrogen (secondary N) is 2. The van der Waals surface area contributed by atoms with Crippen LogP contribution in [0.4, 0.5) is 20.2 Å². The highest BCUT2D eigenvalue weighted by Gasteiger charge is 2.19. The average molecular weight is 389 g/mol. The number of rotatable bonds is 6. The van der Waals surface area contributed by atoms with E-state index in [0.29, 0.717) is 24.5 Å². The molecule has 0 saturated carbocycles. The average Bonchev–Trinajstić information content (AvgIpc) is 2.69. The van der Waals surface area contributed by atoms with Crippen LogP contribution in [0.3, 0.4) is 0 Å². The number of carbonyl (C=O) groups excluding carboxylic acids is 1. The zero-order valence-corrected chi connectivity index (χ0v) is 16.0. The van der Waals surface area contributed by atoms with Gasteiger partial charge in [0.15, 0.2) is 0 Å². The van der Waals surface area contributed by atoms with E-state index in [1.54, 1.807) is 13.8 Å². The van der Waals surface area contributed by atoms with Crippen LogP contribution in [0.25, 0.3) is 0 Å². The second kappa shape index (κ2) is 9.12. The minimum absolute atomic E-state index is 0.228. The van der Waals surface area contributed by atoms with Gasteiger partial charge in [0.25, 0.3) is 0 Å². The first-order chi connectivity index (χ1) is 13.4. The Morgan fingerprint density at radius 3 is 2.39 bits per heavy atom. The highest BCUT2D eigenvalue weighted by Crippen LogP contribution is 2.20. The molecule has 0 aliphatic carbocycles. The number of halogens is 2. The maximum Gasteiger partial charge on any atom is 0.241 e. The fraction of sp³-hybridized carbons (Fsp3) is 0.381. The maximum absolute atomic E-state index is 13.9. The van der Waals surface area contributed by atoms with Crippen molar-refractivity contribution in [2.24, 2.45) is 0 Å². The van der Waals surface area contributed by atoms with Crippen molar-refractivity contribution in [2.75, 3.05) is 36.5 Å². The van der Waals surface area contributed by atoms with E-state index in [9.17, 15) is 13.6 Å². The topological polar surface area (TPSA) is 53.6 Å². The zero-order valence-electron chi connectivity index (χ0n) is 16.0. The Morgan fingerprint density at radius 1 is 1.07 bits per heavy atom. The van der Waals surface area contributed by atoms with Gasteiger partial charge in [-0.25, -0.2) is 8.78 Å². The minimum Gasteiger partial charge on any atom is -0.378 e. The molecular formula is C21H25F2N3O2. The number of benzene rings is 2.